The van der Waals surface area contributed by atoms with E-state index in [1.165, 1.54) is 12.1 Å². The van der Waals surface area contributed by atoms with E-state index in [4.69, 9.17) is 4.74 Å². The minimum atomic E-state index is -0.307. The van der Waals surface area contributed by atoms with Gasteiger partial charge in [-0.05, 0) is 44.0 Å². The predicted molar refractivity (Wildman–Crippen MR) is 89.5 cm³/mol. The van der Waals surface area contributed by atoms with Crippen LogP contribution in [0.2, 0.25) is 0 Å². The molecule has 1 aromatic heterocycles. The standard InChI is InChI=1S/C19H21FN2O2/c1-14-5-2-9-18(21-14)19(23)22-10-4-6-15(12-22)13-24-17-8-3-7-16(20)11-17/h2-3,5,7-9,11,15H,4,6,10,12-13H2,1H3. The number of likely N-dealkylation sites (tertiary alicyclic amines) is 1. The maximum Gasteiger partial charge on any atom is 0.272 e. The van der Waals surface area contributed by atoms with Gasteiger partial charge in [-0.15, -0.1) is 0 Å². The number of amides is 1. The molecule has 1 aliphatic heterocycles. The lowest BCUT2D eigenvalue weighted by Gasteiger charge is -2.32. The second-order valence-electron chi connectivity index (χ2n) is 6.19. The number of rotatable bonds is 4. The summed E-state index contributed by atoms with van der Waals surface area (Å²) in [7, 11) is 0. The molecular weight excluding hydrogens is 307 g/mol. The van der Waals surface area contributed by atoms with Crippen LogP contribution in [0.4, 0.5) is 4.39 Å². The number of piperidine rings is 1. The summed E-state index contributed by atoms with van der Waals surface area (Å²) in [6, 6.07) is 11.6. The maximum atomic E-state index is 13.2. The molecule has 2 heterocycles. The number of aryl methyl sites for hydroxylation is 1. The molecule has 0 spiro atoms. The Hall–Kier alpha value is -2.43. The van der Waals surface area contributed by atoms with E-state index in [2.05, 4.69) is 4.98 Å². The summed E-state index contributed by atoms with van der Waals surface area (Å²) >= 11 is 0. The van der Waals surface area contributed by atoms with Gasteiger partial charge >= 0.3 is 0 Å². The van der Waals surface area contributed by atoms with Gasteiger partial charge in [0.1, 0.15) is 17.3 Å². The first-order valence-corrected chi connectivity index (χ1v) is 8.23. The van der Waals surface area contributed by atoms with Crippen molar-refractivity contribution < 1.29 is 13.9 Å². The number of nitrogens with zero attached hydrogens (tertiary/aromatic N) is 2. The zero-order chi connectivity index (χ0) is 16.9. The van der Waals surface area contributed by atoms with Crippen molar-refractivity contribution in [2.45, 2.75) is 19.8 Å². The lowest BCUT2D eigenvalue weighted by Crippen LogP contribution is -2.41. The topological polar surface area (TPSA) is 42.4 Å². The van der Waals surface area contributed by atoms with Crippen LogP contribution in [0.5, 0.6) is 5.75 Å². The van der Waals surface area contributed by atoms with Crippen molar-refractivity contribution in [1.29, 1.82) is 0 Å². The summed E-state index contributed by atoms with van der Waals surface area (Å²) in [6.07, 6.45) is 1.94. The van der Waals surface area contributed by atoms with Gasteiger partial charge in [-0.25, -0.2) is 9.37 Å². The summed E-state index contributed by atoms with van der Waals surface area (Å²) in [6.45, 7) is 3.74. The van der Waals surface area contributed by atoms with E-state index in [0.29, 0.717) is 24.6 Å². The fraction of sp³-hybridized carbons (Fsp3) is 0.368. The van der Waals surface area contributed by atoms with Crippen molar-refractivity contribution in [3.63, 3.8) is 0 Å². The normalized spacial score (nSPS) is 17.6. The van der Waals surface area contributed by atoms with Gasteiger partial charge in [0.15, 0.2) is 0 Å². The summed E-state index contributed by atoms with van der Waals surface area (Å²) in [5.41, 5.74) is 1.32. The van der Waals surface area contributed by atoms with Gasteiger partial charge in [0.25, 0.3) is 5.91 Å². The first-order valence-electron chi connectivity index (χ1n) is 8.23. The van der Waals surface area contributed by atoms with Crippen LogP contribution < -0.4 is 4.74 Å². The Morgan fingerprint density at radius 2 is 2.17 bits per heavy atom. The molecule has 1 aliphatic rings. The molecule has 0 bridgehead atoms. The second-order valence-corrected chi connectivity index (χ2v) is 6.19. The monoisotopic (exact) mass is 328 g/mol. The van der Waals surface area contributed by atoms with Crippen LogP contribution in [0.1, 0.15) is 29.0 Å². The Kier molecular flexibility index (Phi) is 5.08. The Balaban J connectivity index is 1.59. The molecule has 1 atom stereocenters. The molecular formula is C19H21FN2O2. The first kappa shape index (κ1) is 16.4. The minimum Gasteiger partial charge on any atom is -0.493 e. The van der Waals surface area contributed by atoms with Crippen molar-refractivity contribution in [3.05, 3.63) is 59.7 Å². The van der Waals surface area contributed by atoms with Crippen LogP contribution in [0.15, 0.2) is 42.5 Å². The number of hydrogen-bond donors (Lipinski definition) is 0. The third kappa shape index (κ3) is 4.10. The molecule has 1 aromatic carbocycles. The zero-order valence-corrected chi connectivity index (χ0v) is 13.7. The molecule has 0 aliphatic carbocycles. The molecule has 1 unspecified atom stereocenters. The molecule has 0 N–H and O–H groups in total. The fourth-order valence-corrected chi connectivity index (χ4v) is 2.98. The van der Waals surface area contributed by atoms with Crippen LogP contribution in [-0.2, 0) is 0 Å². The van der Waals surface area contributed by atoms with Gasteiger partial charge in [-0.3, -0.25) is 4.79 Å². The van der Waals surface area contributed by atoms with Crippen LogP contribution >= 0.6 is 0 Å². The van der Waals surface area contributed by atoms with Crippen molar-refractivity contribution >= 4 is 5.91 Å². The third-order valence-electron chi connectivity index (χ3n) is 4.20. The molecule has 1 amide bonds. The highest BCUT2D eigenvalue weighted by Gasteiger charge is 2.25. The molecule has 126 valence electrons. The molecule has 1 saturated heterocycles. The third-order valence-corrected chi connectivity index (χ3v) is 4.20. The molecule has 2 aromatic rings. The Labute approximate surface area is 141 Å². The molecule has 1 fully saturated rings. The van der Waals surface area contributed by atoms with Crippen LogP contribution in [0.25, 0.3) is 0 Å². The number of halogens is 1. The number of aromatic nitrogens is 1. The van der Waals surface area contributed by atoms with Gasteiger partial charge in [0, 0.05) is 30.8 Å². The van der Waals surface area contributed by atoms with Gasteiger partial charge in [0.2, 0.25) is 0 Å². The summed E-state index contributed by atoms with van der Waals surface area (Å²) in [5, 5.41) is 0. The van der Waals surface area contributed by atoms with Gasteiger partial charge in [-0.1, -0.05) is 12.1 Å². The smallest absolute Gasteiger partial charge is 0.272 e. The lowest BCUT2D eigenvalue weighted by molar-refractivity contribution is 0.0627. The van der Waals surface area contributed by atoms with E-state index in [9.17, 15) is 9.18 Å². The highest BCUT2D eigenvalue weighted by molar-refractivity contribution is 5.92. The van der Waals surface area contributed by atoms with Crippen LogP contribution in [-0.4, -0.2) is 35.5 Å². The number of carbonyl (C=O) groups excluding carboxylic acids is 1. The highest BCUT2D eigenvalue weighted by atomic mass is 19.1. The first-order chi connectivity index (χ1) is 11.6. The fourth-order valence-electron chi connectivity index (χ4n) is 2.98. The Morgan fingerprint density at radius 1 is 1.33 bits per heavy atom. The second kappa shape index (κ2) is 7.43. The van der Waals surface area contributed by atoms with E-state index in [0.717, 1.165) is 25.1 Å². The SMILES string of the molecule is Cc1cccc(C(=O)N2CCCC(COc3cccc(F)c3)C2)n1. The van der Waals surface area contributed by atoms with Gasteiger partial charge in [0.05, 0.1) is 6.61 Å². The number of carbonyl (C=O) groups is 1. The van der Waals surface area contributed by atoms with E-state index < -0.39 is 0 Å². The summed E-state index contributed by atoms with van der Waals surface area (Å²) in [5.74, 6) is 0.433. The lowest BCUT2D eigenvalue weighted by atomic mass is 9.98. The Morgan fingerprint density at radius 3 is 2.96 bits per heavy atom. The number of ether oxygens (including phenoxy) is 1. The summed E-state index contributed by atoms with van der Waals surface area (Å²) in [4.78, 5) is 18.7. The van der Waals surface area contributed by atoms with Crippen molar-refractivity contribution in [1.82, 2.24) is 9.88 Å². The minimum absolute atomic E-state index is 0.0332. The van der Waals surface area contributed by atoms with Crippen LogP contribution in [0, 0.1) is 18.7 Å². The van der Waals surface area contributed by atoms with Crippen molar-refractivity contribution in [2.24, 2.45) is 5.92 Å². The molecule has 24 heavy (non-hydrogen) atoms. The van der Waals surface area contributed by atoms with Crippen LogP contribution in [0.3, 0.4) is 0 Å². The van der Waals surface area contributed by atoms with E-state index in [1.54, 1.807) is 18.2 Å². The van der Waals surface area contributed by atoms with E-state index >= 15 is 0 Å². The molecule has 5 heteroatoms. The molecule has 0 saturated carbocycles. The maximum absolute atomic E-state index is 13.2. The Bertz CT molecular complexity index is 720. The predicted octanol–water partition coefficient (Wildman–Crippen LogP) is 3.46. The molecule has 3 rings (SSSR count). The summed E-state index contributed by atoms with van der Waals surface area (Å²) < 4.78 is 18.9. The average Bonchev–Trinajstić information content (AvgIpc) is 2.60. The highest BCUT2D eigenvalue weighted by Crippen LogP contribution is 2.20. The quantitative estimate of drug-likeness (QED) is 0.863. The van der Waals surface area contributed by atoms with Gasteiger partial charge < -0.3 is 9.64 Å². The van der Waals surface area contributed by atoms with Crippen molar-refractivity contribution in [3.8, 4) is 5.75 Å². The number of benzene rings is 1. The molecule has 0 radical (unpaired) electrons. The number of pyridine rings is 1. The number of hydrogen-bond acceptors (Lipinski definition) is 3. The van der Waals surface area contributed by atoms with E-state index in [-0.39, 0.29) is 17.6 Å². The van der Waals surface area contributed by atoms with E-state index in [1.807, 2.05) is 24.0 Å². The van der Waals surface area contributed by atoms with Gasteiger partial charge in [-0.2, -0.15) is 0 Å². The average molecular weight is 328 g/mol. The largest absolute Gasteiger partial charge is 0.493 e. The van der Waals surface area contributed by atoms with Crippen molar-refractivity contribution in [2.75, 3.05) is 19.7 Å². The zero-order valence-electron chi connectivity index (χ0n) is 13.7. The molecule has 4 nitrogen and oxygen atoms in total.